The number of sulfonamides is 1. The number of carbonyl (C=O) groups is 1. The van der Waals surface area contributed by atoms with Gasteiger partial charge < -0.3 is 5.32 Å². The molecule has 1 heterocycles. The fraction of sp³-hybridized carbons (Fsp3) is 0.0500. The largest absolute Gasteiger partial charge is 0.321 e. The Bertz CT molecular complexity index is 1270. The number of nitrogens with zero attached hydrogens (tertiary/aromatic N) is 3. The maximum absolute atomic E-state index is 12.5. The molecule has 0 unspecified atom stereocenters. The van der Waals surface area contributed by atoms with Crippen LogP contribution in [-0.2, 0) is 14.8 Å². The first-order valence-electron chi connectivity index (χ1n) is 8.57. The van der Waals surface area contributed by atoms with Gasteiger partial charge in [0.15, 0.2) is 0 Å². The van der Waals surface area contributed by atoms with E-state index in [1.54, 1.807) is 6.92 Å². The molecule has 8 nitrogen and oxygen atoms in total. The lowest BCUT2D eigenvalue weighted by Gasteiger charge is -2.05. The lowest BCUT2D eigenvalue weighted by molar-refractivity contribution is -0.112. The molecule has 0 fully saturated rings. The first-order chi connectivity index (χ1) is 14.2. The second-order valence-electron chi connectivity index (χ2n) is 6.23. The number of nitrogens with one attached hydrogen (secondary N) is 1. The maximum atomic E-state index is 12.5. The zero-order chi connectivity index (χ0) is 21.9. The van der Waals surface area contributed by atoms with E-state index in [1.807, 2.05) is 36.4 Å². The van der Waals surface area contributed by atoms with Crippen LogP contribution >= 0.6 is 11.6 Å². The van der Waals surface area contributed by atoms with Crippen LogP contribution in [0.25, 0.3) is 11.8 Å². The Labute approximate surface area is 178 Å². The average Bonchev–Trinajstić information content (AvgIpc) is 3.00. The highest BCUT2D eigenvalue weighted by molar-refractivity contribution is 7.89. The zero-order valence-corrected chi connectivity index (χ0v) is 17.3. The van der Waals surface area contributed by atoms with Crippen molar-refractivity contribution in [2.75, 3.05) is 5.32 Å². The minimum atomic E-state index is -3.84. The molecule has 2 aromatic carbocycles. The molecule has 1 aromatic heterocycles. The molecule has 0 aliphatic heterocycles. The molecular formula is C20H16ClN5O3S. The first kappa shape index (κ1) is 21.3. The number of hydrogen-bond donors (Lipinski definition) is 2. The normalized spacial score (nSPS) is 11.7. The molecule has 0 bridgehead atoms. The van der Waals surface area contributed by atoms with Gasteiger partial charge in [0.1, 0.15) is 16.8 Å². The number of hydrogen-bond acceptors (Lipinski definition) is 5. The molecule has 0 atom stereocenters. The summed E-state index contributed by atoms with van der Waals surface area (Å²) in [4.78, 5) is 12.4. The number of halogens is 1. The second kappa shape index (κ2) is 8.51. The highest BCUT2D eigenvalue weighted by Gasteiger charge is 2.17. The minimum Gasteiger partial charge on any atom is -0.321 e. The van der Waals surface area contributed by atoms with Crippen molar-refractivity contribution in [2.24, 2.45) is 5.14 Å². The molecule has 0 radical (unpaired) electrons. The zero-order valence-electron chi connectivity index (χ0n) is 15.7. The number of amides is 1. The van der Waals surface area contributed by atoms with E-state index in [-0.39, 0.29) is 15.6 Å². The van der Waals surface area contributed by atoms with Crippen LogP contribution in [0.4, 0.5) is 5.69 Å². The van der Waals surface area contributed by atoms with Crippen molar-refractivity contribution >= 4 is 39.3 Å². The lowest BCUT2D eigenvalue weighted by Crippen LogP contribution is -2.14. The van der Waals surface area contributed by atoms with Crippen molar-refractivity contribution in [2.45, 2.75) is 11.8 Å². The summed E-state index contributed by atoms with van der Waals surface area (Å²) < 4.78 is 24.1. The third kappa shape index (κ3) is 4.58. The molecule has 0 aliphatic carbocycles. The van der Waals surface area contributed by atoms with E-state index >= 15 is 0 Å². The van der Waals surface area contributed by atoms with Gasteiger partial charge in [-0.1, -0.05) is 29.8 Å². The number of nitriles is 1. The lowest BCUT2D eigenvalue weighted by atomic mass is 10.1. The maximum Gasteiger partial charge on any atom is 0.266 e. The van der Waals surface area contributed by atoms with Gasteiger partial charge in [-0.3, -0.25) is 4.79 Å². The van der Waals surface area contributed by atoms with Crippen LogP contribution in [0.2, 0.25) is 5.15 Å². The van der Waals surface area contributed by atoms with Crippen molar-refractivity contribution < 1.29 is 13.2 Å². The van der Waals surface area contributed by atoms with Crippen LogP contribution in [0, 0.1) is 18.3 Å². The summed E-state index contributed by atoms with van der Waals surface area (Å²) in [6, 6.07) is 16.3. The highest BCUT2D eigenvalue weighted by Crippen LogP contribution is 2.26. The topological polar surface area (TPSA) is 131 Å². The van der Waals surface area contributed by atoms with E-state index in [0.29, 0.717) is 16.9 Å². The van der Waals surface area contributed by atoms with Gasteiger partial charge in [0.05, 0.1) is 16.3 Å². The summed E-state index contributed by atoms with van der Waals surface area (Å²) in [6.45, 7) is 1.72. The van der Waals surface area contributed by atoms with Crippen molar-refractivity contribution in [3.05, 3.63) is 76.6 Å². The highest BCUT2D eigenvalue weighted by atomic mass is 35.5. The molecule has 30 heavy (non-hydrogen) atoms. The summed E-state index contributed by atoms with van der Waals surface area (Å²) in [7, 11) is -3.84. The summed E-state index contributed by atoms with van der Waals surface area (Å²) in [6.07, 6.45) is 1.36. The van der Waals surface area contributed by atoms with Crippen LogP contribution in [-0.4, -0.2) is 24.1 Å². The molecule has 0 spiro atoms. The molecule has 0 saturated carbocycles. The third-order valence-corrected chi connectivity index (χ3v) is 5.44. The number of primary sulfonamides is 1. The molecule has 0 saturated heterocycles. The Morgan fingerprint density at radius 3 is 2.40 bits per heavy atom. The number of anilines is 1. The summed E-state index contributed by atoms with van der Waals surface area (Å²) in [5.74, 6) is -0.677. The summed E-state index contributed by atoms with van der Waals surface area (Å²) in [5.41, 5.74) is 1.83. The number of aromatic nitrogens is 2. The summed E-state index contributed by atoms with van der Waals surface area (Å²) >= 11 is 6.44. The van der Waals surface area contributed by atoms with Gasteiger partial charge in [0.2, 0.25) is 10.0 Å². The SMILES string of the molecule is Cc1nn(-c2ccccc2)c(Cl)c1/C=C(\C#N)C(=O)Nc1ccc(S(N)(=O)=O)cc1. The van der Waals surface area contributed by atoms with E-state index < -0.39 is 15.9 Å². The van der Waals surface area contributed by atoms with Crippen LogP contribution < -0.4 is 10.5 Å². The van der Waals surface area contributed by atoms with E-state index in [4.69, 9.17) is 16.7 Å². The Balaban J connectivity index is 1.88. The quantitative estimate of drug-likeness (QED) is 0.464. The van der Waals surface area contributed by atoms with E-state index in [0.717, 1.165) is 5.69 Å². The van der Waals surface area contributed by atoms with Gasteiger partial charge in [0, 0.05) is 11.3 Å². The molecule has 0 aliphatic rings. The number of aryl methyl sites for hydroxylation is 1. The Morgan fingerprint density at radius 2 is 1.83 bits per heavy atom. The third-order valence-electron chi connectivity index (χ3n) is 4.14. The monoisotopic (exact) mass is 441 g/mol. The van der Waals surface area contributed by atoms with Crippen molar-refractivity contribution in [3.63, 3.8) is 0 Å². The van der Waals surface area contributed by atoms with Crippen LogP contribution in [0.1, 0.15) is 11.3 Å². The number of benzene rings is 2. The molecule has 3 rings (SSSR count). The first-order valence-corrected chi connectivity index (χ1v) is 10.5. The van der Waals surface area contributed by atoms with Gasteiger partial charge in [-0.25, -0.2) is 18.2 Å². The van der Waals surface area contributed by atoms with Gasteiger partial charge in [-0.2, -0.15) is 10.4 Å². The Morgan fingerprint density at radius 1 is 1.20 bits per heavy atom. The Hall–Kier alpha value is -3.45. The smallest absolute Gasteiger partial charge is 0.266 e. The number of rotatable bonds is 5. The van der Waals surface area contributed by atoms with Crippen LogP contribution in [0.15, 0.2) is 65.1 Å². The summed E-state index contributed by atoms with van der Waals surface area (Å²) in [5, 5.41) is 21.7. The van der Waals surface area contributed by atoms with E-state index in [1.165, 1.54) is 35.0 Å². The predicted molar refractivity (Wildman–Crippen MR) is 113 cm³/mol. The van der Waals surface area contributed by atoms with Crippen LogP contribution in [0.5, 0.6) is 0 Å². The fourth-order valence-electron chi connectivity index (χ4n) is 2.63. The predicted octanol–water partition coefficient (Wildman–Crippen LogP) is 3.03. The van der Waals surface area contributed by atoms with E-state index in [2.05, 4.69) is 10.4 Å². The van der Waals surface area contributed by atoms with Crippen LogP contribution in [0.3, 0.4) is 0 Å². The average molecular weight is 442 g/mol. The standard InChI is InChI=1S/C20H16ClN5O3S/c1-13-18(19(21)26(25-13)16-5-3-2-4-6-16)11-14(12-22)20(27)24-15-7-9-17(10-8-15)30(23,28)29/h2-11H,1H3,(H,24,27)(H2,23,28,29)/b14-11+. The molecule has 3 aromatic rings. The van der Waals surface area contributed by atoms with Gasteiger partial charge in [0.25, 0.3) is 5.91 Å². The van der Waals surface area contributed by atoms with Gasteiger partial charge in [-0.05, 0) is 49.4 Å². The van der Waals surface area contributed by atoms with Gasteiger partial charge >= 0.3 is 0 Å². The molecule has 3 N–H and O–H groups in total. The second-order valence-corrected chi connectivity index (χ2v) is 8.15. The number of carbonyl (C=O) groups excluding carboxylic acids is 1. The van der Waals surface area contributed by atoms with Crippen molar-refractivity contribution in [1.82, 2.24) is 9.78 Å². The number of para-hydroxylation sites is 1. The fourth-order valence-corrected chi connectivity index (χ4v) is 3.48. The van der Waals surface area contributed by atoms with E-state index in [9.17, 15) is 18.5 Å². The van der Waals surface area contributed by atoms with Gasteiger partial charge in [-0.15, -0.1) is 0 Å². The Kier molecular flexibility index (Phi) is 6.03. The molecule has 152 valence electrons. The molecule has 1 amide bonds. The molecular weight excluding hydrogens is 426 g/mol. The minimum absolute atomic E-state index is 0.0905. The number of nitrogens with two attached hydrogens (primary N) is 1. The van der Waals surface area contributed by atoms with Crippen molar-refractivity contribution in [1.29, 1.82) is 5.26 Å². The molecule has 10 heteroatoms. The van der Waals surface area contributed by atoms with Crippen molar-refractivity contribution in [3.8, 4) is 11.8 Å².